The average molecular weight is 358 g/mol. The van der Waals surface area contributed by atoms with E-state index in [0.717, 1.165) is 5.56 Å². The van der Waals surface area contributed by atoms with Crippen LogP contribution in [0.15, 0.2) is 24.3 Å². The van der Waals surface area contributed by atoms with Gasteiger partial charge in [-0.1, -0.05) is 34.7 Å². The third kappa shape index (κ3) is 4.92. The zero-order valence-electron chi connectivity index (χ0n) is 10.3. The Bertz CT molecular complexity index is 455. The lowest BCUT2D eigenvalue weighted by atomic mass is 10.1. The molecule has 1 rings (SSSR count). The van der Waals surface area contributed by atoms with Gasteiger partial charge in [0.05, 0.1) is 18.6 Å². The summed E-state index contributed by atoms with van der Waals surface area (Å²) in [7, 11) is 0. The smallest absolute Gasteiger partial charge is 0.411 e. The lowest BCUT2D eigenvalue weighted by molar-refractivity contribution is 0.130. The second kappa shape index (κ2) is 7.21. The monoisotopic (exact) mass is 358 g/mol. The van der Waals surface area contributed by atoms with Gasteiger partial charge in [-0.15, -0.1) is 0 Å². The van der Waals surface area contributed by atoms with E-state index < -0.39 is 6.09 Å². The molecule has 5 heteroatoms. The molecule has 0 radical (unpaired) electrons. The van der Waals surface area contributed by atoms with E-state index in [1.54, 1.807) is 19.9 Å². The Labute approximate surface area is 120 Å². The molecule has 96 valence electrons. The molecule has 1 aromatic carbocycles. The van der Waals surface area contributed by atoms with E-state index in [0.29, 0.717) is 12.1 Å². The summed E-state index contributed by atoms with van der Waals surface area (Å²) in [5.41, 5.74) is 1.69. The largest absolute Gasteiger partial charge is 0.447 e. The molecule has 0 aliphatic rings. The summed E-state index contributed by atoms with van der Waals surface area (Å²) < 4.78 is 5.12. The average Bonchev–Trinajstić information content (AvgIpc) is 2.28. The highest BCUT2D eigenvalue weighted by atomic mass is 127. The molecule has 0 aliphatic carbocycles. The van der Waals surface area contributed by atoms with Crippen LogP contribution in [0.2, 0.25) is 0 Å². The fourth-order valence-electron chi connectivity index (χ4n) is 1.37. The molecule has 0 heterocycles. The Morgan fingerprint density at radius 3 is 2.89 bits per heavy atom. The molecule has 0 spiro atoms. The first-order valence-electron chi connectivity index (χ1n) is 5.61. The van der Waals surface area contributed by atoms with E-state index in [-0.39, 0.29) is 10.0 Å². The van der Waals surface area contributed by atoms with Crippen LogP contribution in [0, 0.1) is 11.3 Å². The molecule has 4 nitrogen and oxygen atoms in total. The summed E-state index contributed by atoms with van der Waals surface area (Å²) in [5, 5.41) is 11.3. The molecule has 1 unspecified atom stereocenters. The van der Waals surface area contributed by atoms with Crippen molar-refractivity contribution in [2.24, 2.45) is 0 Å². The first-order chi connectivity index (χ1) is 8.52. The lowest BCUT2D eigenvalue weighted by Crippen LogP contribution is -2.18. The van der Waals surface area contributed by atoms with Crippen molar-refractivity contribution in [2.45, 2.75) is 30.3 Å². The maximum Gasteiger partial charge on any atom is 0.411 e. The van der Waals surface area contributed by atoms with Gasteiger partial charge in [-0.2, -0.15) is 5.26 Å². The number of alkyl halides is 1. The molecule has 0 saturated carbocycles. The lowest BCUT2D eigenvalue weighted by Gasteiger charge is -2.11. The summed E-state index contributed by atoms with van der Waals surface area (Å²) in [6.45, 7) is 3.59. The van der Waals surface area contributed by atoms with E-state index >= 15 is 0 Å². The first kappa shape index (κ1) is 14.8. The van der Waals surface area contributed by atoms with Crippen molar-refractivity contribution in [3.05, 3.63) is 29.8 Å². The molecule has 0 bridgehead atoms. The van der Waals surface area contributed by atoms with Crippen molar-refractivity contribution in [1.82, 2.24) is 0 Å². The molecule has 0 aliphatic heterocycles. The van der Waals surface area contributed by atoms with E-state index in [1.807, 2.05) is 18.2 Å². The fourth-order valence-corrected chi connectivity index (χ4v) is 1.95. The minimum absolute atomic E-state index is 0.121. The van der Waals surface area contributed by atoms with Gasteiger partial charge in [0.25, 0.3) is 0 Å². The Kier molecular flexibility index (Phi) is 5.92. The van der Waals surface area contributed by atoms with Crippen molar-refractivity contribution in [3.63, 3.8) is 0 Å². The van der Waals surface area contributed by atoms with Crippen LogP contribution in [0.1, 0.15) is 29.8 Å². The maximum atomic E-state index is 11.4. The maximum absolute atomic E-state index is 11.4. The third-order valence-corrected chi connectivity index (χ3v) is 3.27. The van der Waals surface area contributed by atoms with Crippen LogP contribution in [-0.2, 0) is 4.74 Å². The van der Waals surface area contributed by atoms with Crippen molar-refractivity contribution in [1.29, 1.82) is 5.26 Å². The molecule has 1 N–H and O–H groups in total. The molecule has 0 fully saturated rings. The minimum atomic E-state index is -0.465. The van der Waals surface area contributed by atoms with Gasteiger partial charge in [0, 0.05) is 9.61 Å². The second-order valence-electron chi connectivity index (χ2n) is 4.03. The highest BCUT2D eigenvalue weighted by molar-refractivity contribution is 14.1. The predicted octanol–water partition coefficient (Wildman–Crippen LogP) is 4.03. The van der Waals surface area contributed by atoms with E-state index in [4.69, 9.17) is 10.00 Å². The Morgan fingerprint density at radius 1 is 1.56 bits per heavy atom. The molecule has 1 atom stereocenters. The van der Waals surface area contributed by atoms with Gasteiger partial charge < -0.3 is 4.74 Å². The molecular formula is C13H15IN2O2. The Morgan fingerprint density at radius 2 is 2.28 bits per heavy atom. The zero-order valence-corrected chi connectivity index (χ0v) is 12.5. The number of rotatable bonds is 4. The van der Waals surface area contributed by atoms with E-state index in [2.05, 4.69) is 34.0 Å². The summed E-state index contributed by atoms with van der Waals surface area (Å²) in [6, 6.07) is 9.57. The number of nitrogens with one attached hydrogen (secondary N) is 1. The topological polar surface area (TPSA) is 62.1 Å². The number of anilines is 1. The van der Waals surface area contributed by atoms with Gasteiger partial charge in [-0.05, 0) is 31.5 Å². The number of hydrogen-bond donors (Lipinski definition) is 1. The molecule has 1 amide bonds. The minimum Gasteiger partial charge on any atom is -0.447 e. The van der Waals surface area contributed by atoms with Crippen molar-refractivity contribution in [3.8, 4) is 6.07 Å². The summed E-state index contributed by atoms with van der Waals surface area (Å²) >= 11 is 2.21. The summed E-state index contributed by atoms with van der Waals surface area (Å²) in [5.74, 6) is 0. The molecule has 0 saturated heterocycles. The molecule has 1 aromatic rings. The van der Waals surface area contributed by atoms with Gasteiger partial charge in [-0.25, -0.2) is 4.79 Å². The molecule has 0 aromatic heterocycles. The highest BCUT2D eigenvalue weighted by Gasteiger charge is 2.09. The van der Waals surface area contributed by atoms with Gasteiger partial charge >= 0.3 is 6.09 Å². The highest BCUT2D eigenvalue weighted by Crippen LogP contribution is 2.28. The molecule has 18 heavy (non-hydrogen) atoms. The van der Waals surface area contributed by atoms with Gasteiger partial charge in [0.1, 0.15) is 0 Å². The number of carbonyl (C=O) groups is 1. The first-order valence-corrected chi connectivity index (χ1v) is 6.86. The van der Waals surface area contributed by atoms with Crippen LogP contribution in [-0.4, -0.2) is 12.2 Å². The van der Waals surface area contributed by atoms with Gasteiger partial charge in [0.15, 0.2) is 0 Å². The van der Waals surface area contributed by atoms with E-state index in [9.17, 15) is 4.79 Å². The predicted molar refractivity (Wildman–Crippen MR) is 78.7 cm³/mol. The van der Waals surface area contributed by atoms with Crippen molar-refractivity contribution in [2.75, 3.05) is 5.32 Å². The standard InChI is InChI=1S/C13H15IN2O2/c1-9(2)18-13(17)16-11-5-3-4-10(8-11)12(14)6-7-15/h3-5,8-9,12H,6H2,1-2H3,(H,16,17). The van der Waals surface area contributed by atoms with E-state index in [1.165, 1.54) is 0 Å². The number of amides is 1. The van der Waals surface area contributed by atoms with Crippen LogP contribution < -0.4 is 5.32 Å². The zero-order chi connectivity index (χ0) is 13.5. The number of hydrogen-bond acceptors (Lipinski definition) is 3. The van der Waals surface area contributed by atoms with Gasteiger partial charge in [-0.3, -0.25) is 5.32 Å². The van der Waals surface area contributed by atoms with Gasteiger partial charge in [0.2, 0.25) is 0 Å². The van der Waals surface area contributed by atoms with Crippen LogP contribution in [0.4, 0.5) is 10.5 Å². The van der Waals surface area contributed by atoms with Crippen molar-refractivity contribution >= 4 is 34.4 Å². The van der Waals surface area contributed by atoms with Crippen LogP contribution in [0.3, 0.4) is 0 Å². The Hall–Kier alpha value is -1.29. The summed E-state index contributed by atoms with van der Waals surface area (Å²) in [6.07, 6.45) is -0.169. The summed E-state index contributed by atoms with van der Waals surface area (Å²) in [4.78, 5) is 11.4. The van der Waals surface area contributed by atoms with Crippen LogP contribution in [0.25, 0.3) is 0 Å². The quantitative estimate of drug-likeness (QED) is 0.653. The molecular weight excluding hydrogens is 343 g/mol. The number of carbonyl (C=O) groups excluding carboxylic acids is 1. The SMILES string of the molecule is CC(C)OC(=O)Nc1cccc(C(I)CC#N)c1. The van der Waals surface area contributed by atoms with Crippen molar-refractivity contribution < 1.29 is 9.53 Å². The second-order valence-corrected chi connectivity index (χ2v) is 5.54. The number of benzene rings is 1. The number of nitrogens with zero attached hydrogens (tertiary/aromatic N) is 1. The Balaban J connectivity index is 2.71. The number of halogens is 1. The van der Waals surface area contributed by atoms with Crippen LogP contribution >= 0.6 is 22.6 Å². The number of ether oxygens (including phenoxy) is 1. The van der Waals surface area contributed by atoms with Crippen LogP contribution in [0.5, 0.6) is 0 Å². The number of nitriles is 1. The normalized spacial score (nSPS) is 11.7. The fraction of sp³-hybridized carbons (Fsp3) is 0.385. The third-order valence-electron chi connectivity index (χ3n) is 2.11.